The maximum absolute atomic E-state index is 13.4. The van der Waals surface area contributed by atoms with Crippen LogP contribution in [0.3, 0.4) is 0 Å². The number of amidine groups is 1. The van der Waals surface area contributed by atoms with E-state index in [4.69, 9.17) is 9.84 Å². The van der Waals surface area contributed by atoms with Gasteiger partial charge in [-0.15, -0.1) is 5.10 Å². The maximum Gasteiger partial charge on any atom is 0.420 e. The molecule has 156 valence electrons. The molecule has 0 spiro atoms. The highest BCUT2D eigenvalue weighted by molar-refractivity contribution is 6.24. The molecule has 0 aliphatic carbocycles. The number of benzene rings is 4. The van der Waals surface area contributed by atoms with Crippen molar-refractivity contribution in [2.45, 2.75) is 6.61 Å². The second-order valence-electron chi connectivity index (χ2n) is 7.30. The van der Waals surface area contributed by atoms with Gasteiger partial charge in [-0.05, 0) is 29.8 Å². The number of carbonyl (C=O) groups excluding carboxylic acids is 1. The Morgan fingerprint density at radius 1 is 0.688 bits per heavy atom. The molecule has 0 bridgehead atoms. The molecule has 4 aromatic rings. The zero-order valence-corrected chi connectivity index (χ0v) is 17.3. The molecule has 1 heterocycles. The van der Waals surface area contributed by atoms with Crippen LogP contribution in [0.4, 0.5) is 21.9 Å². The van der Waals surface area contributed by atoms with E-state index in [-0.39, 0.29) is 6.61 Å². The van der Waals surface area contributed by atoms with Gasteiger partial charge >= 0.3 is 6.09 Å². The van der Waals surface area contributed by atoms with E-state index >= 15 is 0 Å². The molecular formula is C27H21N3O2. The number of fused-ring (bicyclic) bond motifs is 1. The van der Waals surface area contributed by atoms with E-state index in [9.17, 15) is 4.79 Å². The number of anilines is 3. The van der Waals surface area contributed by atoms with E-state index in [1.165, 1.54) is 0 Å². The topological polar surface area (TPSA) is 45.1 Å². The Hall–Kier alpha value is -4.38. The maximum atomic E-state index is 13.4. The zero-order chi connectivity index (χ0) is 21.8. The number of ether oxygens (including phenoxy) is 1. The zero-order valence-electron chi connectivity index (χ0n) is 17.3. The van der Waals surface area contributed by atoms with Crippen molar-refractivity contribution in [1.29, 1.82) is 0 Å². The third kappa shape index (κ3) is 3.84. The number of amides is 1. The average molecular weight is 419 g/mol. The van der Waals surface area contributed by atoms with Gasteiger partial charge in [0, 0.05) is 5.56 Å². The summed E-state index contributed by atoms with van der Waals surface area (Å²) in [5.41, 5.74) is 4.17. The normalized spacial score (nSPS) is 12.7. The lowest BCUT2D eigenvalue weighted by molar-refractivity contribution is 0.150. The lowest BCUT2D eigenvalue weighted by Crippen LogP contribution is -2.42. The second kappa shape index (κ2) is 8.78. The summed E-state index contributed by atoms with van der Waals surface area (Å²) in [5.74, 6) is 0.506. The van der Waals surface area contributed by atoms with E-state index in [1.54, 1.807) is 4.90 Å². The Bertz CT molecular complexity index is 1240. The minimum atomic E-state index is -0.475. The summed E-state index contributed by atoms with van der Waals surface area (Å²) >= 11 is 0. The highest BCUT2D eigenvalue weighted by Gasteiger charge is 2.33. The molecule has 1 aliphatic rings. The monoisotopic (exact) mass is 419 g/mol. The van der Waals surface area contributed by atoms with Gasteiger partial charge in [0.1, 0.15) is 6.61 Å². The van der Waals surface area contributed by atoms with Crippen molar-refractivity contribution in [2.24, 2.45) is 5.10 Å². The van der Waals surface area contributed by atoms with E-state index in [0.29, 0.717) is 11.5 Å². The third-order valence-electron chi connectivity index (χ3n) is 5.18. The minimum absolute atomic E-state index is 0.183. The molecule has 32 heavy (non-hydrogen) atoms. The quantitative estimate of drug-likeness (QED) is 0.387. The van der Waals surface area contributed by atoms with Gasteiger partial charge in [0.25, 0.3) is 0 Å². The fourth-order valence-electron chi connectivity index (χ4n) is 3.65. The number of para-hydroxylation sites is 3. The van der Waals surface area contributed by atoms with E-state index in [1.807, 2.05) is 120 Å². The van der Waals surface area contributed by atoms with Crippen LogP contribution in [0.5, 0.6) is 0 Å². The number of carbonyl (C=O) groups is 1. The van der Waals surface area contributed by atoms with Crippen molar-refractivity contribution in [1.82, 2.24) is 0 Å². The Balaban J connectivity index is 1.58. The highest BCUT2D eigenvalue weighted by Crippen LogP contribution is 2.39. The van der Waals surface area contributed by atoms with Crippen LogP contribution in [-0.2, 0) is 11.3 Å². The molecule has 0 saturated heterocycles. The molecule has 5 heteroatoms. The highest BCUT2D eigenvalue weighted by atomic mass is 16.6. The Morgan fingerprint density at radius 2 is 1.25 bits per heavy atom. The first-order valence-electron chi connectivity index (χ1n) is 10.4. The largest absolute Gasteiger partial charge is 0.444 e. The summed E-state index contributed by atoms with van der Waals surface area (Å²) < 4.78 is 5.70. The summed E-state index contributed by atoms with van der Waals surface area (Å²) in [6.07, 6.45) is -0.475. The van der Waals surface area contributed by atoms with E-state index in [0.717, 1.165) is 22.5 Å². The predicted molar refractivity (Wildman–Crippen MR) is 127 cm³/mol. The minimum Gasteiger partial charge on any atom is -0.444 e. The fourth-order valence-corrected chi connectivity index (χ4v) is 3.65. The molecule has 0 atom stereocenters. The van der Waals surface area contributed by atoms with Gasteiger partial charge in [0.2, 0.25) is 0 Å². The predicted octanol–water partition coefficient (Wildman–Crippen LogP) is 6.34. The molecule has 1 amide bonds. The van der Waals surface area contributed by atoms with Crippen molar-refractivity contribution in [3.05, 3.63) is 126 Å². The summed E-state index contributed by atoms with van der Waals surface area (Å²) in [7, 11) is 0. The van der Waals surface area contributed by atoms with Crippen molar-refractivity contribution in [3.8, 4) is 0 Å². The van der Waals surface area contributed by atoms with Crippen LogP contribution in [0.25, 0.3) is 0 Å². The number of hydrogen-bond donors (Lipinski definition) is 0. The van der Waals surface area contributed by atoms with Crippen molar-refractivity contribution in [2.75, 3.05) is 9.91 Å². The van der Waals surface area contributed by atoms with Gasteiger partial charge in [0.05, 0.1) is 17.1 Å². The molecule has 0 aromatic heterocycles. The lowest BCUT2D eigenvalue weighted by atomic mass is 10.1. The average Bonchev–Trinajstić information content (AvgIpc) is 2.88. The van der Waals surface area contributed by atoms with Crippen LogP contribution in [0, 0.1) is 0 Å². The van der Waals surface area contributed by atoms with Crippen LogP contribution >= 0.6 is 0 Å². The molecule has 0 N–H and O–H groups in total. The molecule has 5 rings (SSSR count). The van der Waals surface area contributed by atoms with Crippen LogP contribution < -0.4 is 9.91 Å². The molecule has 0 unspecified atom stereocenters. The molecular weight excluding hydrogens is 398 g/mol. The third-order valence-corrected chi connectivity index (χ3v) is 5.18. The van der Waals surface area contributed by atoms with Crippen molar-refractivity contribution < 1.29 is 9.53 Å². The summed E-state index contributed by atoms with van der Waals surface area (Å²) in [6.45, 7) is 0.183. The SMILES string of the molecule is O=C(OCc1ccccc1)N1C(c2ccccc2)=NN(c2ccccc2)c2ccccc21. The van der Waals surface area contributed by atoms with Crippen LogP contribution in [-0.4, -0.2) is 11.9 Å². The number of hydrazone groups is 1. The number of hydrogen-bond acceptors (Lipinski definition) is 4. The molecule has 0 saturated carbocycles. The standard InChI is InChI=1S/C27H21N3O2/c31-27(32-20-21-12-4-1-5-13-21)29-24-18-10-11-19-25(24)30(23-16-8-3-9-17-23)28-26(29)22-14-6-2-7-15-22/h1-19H,20H2. The van der Waals surface area contributed by atoms with E-state index < -0.39 is 6.09 Å². The van der Waals surface area contributed by atoms with Crippen molar-refractivity contribution in [3.63, 3.8) is 0 Å². The lowest BCUT2D eigenvalue weighted by Gasteiger charge is -2.34. The van der Waals surface area contributed by atoms with Gasteiger partial charge in [-0.3, -0.25) is 0 Å². The molecule has 1 aliphatic heterocycles. The number of nitrogens with zero attached hydrogens (tertiary/aromatic N) is 3. The van der Waals surface area contributed by atoms with Gasteiger partial charge in [-0.25, -0.2) is 14.7 Å². The van der Waals surface area contributed by atoms with Crippen molar-refractivity contribution >= 4 is 29.0 Å². The van der Waals surface area contributed by atoms with E-state index in [2.05, 4.69) is 0 Å². The summed E-state index contributed by atoms with van der Waals surface area (Å²) in [6, 6.07) is 36.9. The Labute approximate surface area is 186 Å². The first-order chi connectivity index (χ1) is 15.8. The van der Waals surface area contributed by atoms with Crippen LogP contribution in [0.15, 0.2) is 120 Å². The first kappa shape index (κ1) is 19.6. The molecule has 5 nitrogen and oxygen atoms in total. The molecule has 0 radical (unpaired) electrons. The summed E-state index contributed by atoms with van der Waals surface area (Å²) in [4.78, 5) is 14.9. The first-order valence-corrected chi connectivity index (χ1v) is 10.4. The Kier molecular flexibility index (Phi) is 5.37. The van der Waals surface area contributed by atoms with Gasteiger partial charge in [0.15, 0.2) is 5.84 Å². The summed E-state index contributed by atoms with van der Waals surface area (Å²) in [5, 5.41) is 6.76. The number of rotatable bonds is 4. The van der Waals surface area contributed by atoms with Gasteiger partial charge < -0.3 is 4.74 Å². The Morgan fingerprint density at radius 3 is 1.94 bits per heavy atom. The van der Waals surface area contributed by atoms with Crippen LogP contribution in [0.2, 0.25) is 0 Å². The van der Waals surface area contributed by atoms with Gasteiger partial charge in [-0.1, -0.05) is 91.0 Å². The molecule has 0 fully saturated rings. The smallest absolute Gasteiger partial charge is 0.420 e. The van der Waals surface area contributed by atoms with Crippen LogP contribution in [0.1, 0.15) is 11.1 Å². The van der Waals surface area contributed by atoms with Gasteiger partial charge in [-0.2, -0.15) is 0 Å². The second-order valence-corrected chi connectivity index (χ2v) is 7.30. The fraction of sp³-hybridized carbons (Fsp3) is 0.0370. The molecule has 4 aromatic carbocycles.